The molecule has 1 aliphatic heterocycles. The van der Waals surface area contributed by atoms with Crippen molar-refractivity contribution in [2.45, 2.75) is 19.5 Å². The second kappa shape index (κ2) is 9.19. The minimum Gasteiger partial charge on any atom is -0.339 e. The van der Waals surface area contributed by atoms with Crippen molar-refractivity contribution in [3.8, 4) is 0 Å². The Hall–Kier alpha value is -0.810. The van der Waals surface area contributed by atoms with Crippen LogP contribution in [0, 0.1) is 0 Å². The molecule has 0 spiro atoms. The highest BCUT2D eigenvalue weighted by atomic mass is 35.5. The first-order chi connectivity index (χ1) is 8.66. The number of nitrogens with two attached hydrogens (primary N) is 1. The summed E-state index contributed by atoms with van der Waals surface area (Å²) in [5.74, 6) is 0.0642. The Bertz CT molecular complexity index is 393. The van der Waals surface area contributed by atoms with Gasteiger partial charge in [0.15, 0.2) is 0 Å². The van der Waals surface area contributed by atoms with Crippen LogP contribution < -0.4 is 5.73 Å². The van der Waals surface area contributed by atoms with Crippen LogP contribution in [-0.4, -0.2) is 47.9 Å². The summed E-state index contributed by atoms with van der Waals surface area (Å²) >= 11 is 0. The zero-order valence-electron chi connectivity index (χ0n) is 11.7. The van der Waals surface area contributed by atoms with Gasteiger partial charge in [-0.2, -0.15) is 0 Å². The number of benzene rings is 1. The van der Waals surface area contributed by atoms with Gasteiger partial charge in [0.25, 0.3) is 0 Å². The summed E-state index contributed by atoms with van der Waals surface area (Å²) in [7, 11) is 0. The lowest BCUT2D eigenvalue weighted by atomic mass is 10.2. The summed E-state index contributed by atoms with van der Waals surface area (Å²) in [6.45, 7) is 6.13. The van der Waals surface area contributed by atoms with Crippen LogP contribution in [0.15, 0.2) is 30.3 Å². The van der Waals surface area contributed by atoms with E-state index >= 15 is 0 Å². The van der Waals surface area contributed by atoms with E-state index in [4.69, 9.17) is 5.73 Å². The van der Waals surface area contributed by atoms with E-state index in [0.29, 0.717) is 0 Å². The van der Waals surface area contributed by atoms with Gasteiger partial charge >= 0.3 is 0 Å². The monoisotopic (exact) mass is 319 g/mol. The Labute approximate surface area is 133 Å². The van der Waals surface area contributed by atoms with Gasteiger partial charge in [0.05, 0.1) is 6.04 Å². The molecule has 0 radical (unpaired) electrons. The molecule has 2 rings (SSSR count). The highest BCUT2D eigenvalue weighted by Gasteiger charge is 2.22. The van der Waals surface area contributed by atoms with Crippen molar-refractivity contribution in [1.29, 1.82) is 0 Å². The van der Waals surface area contributed by atoms with E-state index in [1.165, 1.54) is 5.56 Å². The molecule has 0 aliphatic carbocycles. The molecule has 0 aromatic heterocycles. The number of nitrogens with zero attached hydrogens (tertiary/aromatic N) is 2. The molecular weight excluding hydrogens is 297 g/mol. The van der Waals surface area contributed by atoms with Crippen molar-refractivity contribution in [3.63, 3.8) is 0 Å². The molecule has 1 saturated heterocycles. The van der Waals surface area contributed by atoms with Crippen molar-refractivity contribution in [2.75, 3.05) is 26.2 Å². The summed E-state index contributed by atoms with van der Waals surface area (Å²) in [4.78, 5) is 16.0. The second-order valence-corrected chi connectivity index (χ2v) is 4.88. The third kappa shape index (κ3) is 5.29. The predicted octanol–water partition coefficient (Wildman–Crippen LogP) is 1.52. The van der Waals surface area contributed by atoms with Crippen LogP contribution in [0.5, 0.6) is 0 Å². The molecular formula is C14H23Cl2N3O. The Morgan fingerprint density at radius 2 is 1.70 bits per heavy atom. The fourth-order valence-electron chi connectivity index (χ4n) is 2.26. The van der Waals surface area contributed by atoms with Gasteiger partial charge in [-0.3, -0.25) is 9.69 Å². The molecule has 1 heterocycles. The molecule has 1 atom stereocenters. The zero-order valence-corrected chi connectivity index (χ0v) is 13.3. The standard InChI is InChI=1S/C14H21N3O.2ClH/c1-12(15)14(18)17-9-7-16(8-10-17)11-13-5-3-2-4-6-13;;/h2-6,12H,7-11,15H2,1H3;2*1H. The van der Waals surface area contributed by atoms with Crippen LogP contribution in [-0.2, 0) is 11.3 Å². The largest absolute Gasteiger partial charge is 0.339 e. The Morgan fingerprint density at radius 3 is 2.20 bits per heavy atom. The molecule has 1 fully saturated rings. The molecule has 1 aromatic carbocycles. The lowest BCUT2D eigenvalue weighted by Crippen LogP contribution is -2.52. The van der Waals surface area contributed by atoms with Crippen LogP contribution in [0.2, 0.25) is 0 Å². The van der Waals surface area contributed by atoms with E-state index in [0.717, 1.165) is 32.7 Å². The van der Waals surface area contributed by atoms with Crippen molar-refractivity contribution < 1.29 is 4.79 Å². The van der Waals surface area contributed by atoms with Crippen molar-refractivity contribution in [2.24, 2.45) is 5.73 Å². The number of hydrogen-bond donors (Lipinski definition) is 1. The van der Waals surface area contributed by atoms with Gasteiger partial charge in [0.1, 0.15) is 0 Å². The highest BCUT2D eigenvalue weighted by Crippen LogP contribution is 2.08. The van der Waals surface area contributed by atoms with Crippen molar-refractivity contribution in [3.05, 3.63) is 35.9 Å². The number of carbonyl (C=O) groups is 1. The molecule has 6 heteroatoms. The molecule has 1 amide bonds. The smallest absolute Gasteiger partial charge is 0.239 e. The van der Waals surface area contributed by atoms with Crippen LogP contribution in [0.25, 0.3) is 0 Å². The number of halogens is 2. The molecule has 0 bridgehead atoms. The molecule has 4 nitrogen and oxygen atoms in total. The summed E-state index contributed by atoms with van der Waals surface area (Å²) in [5, 5.41) is 0. The topological polar surface area (TPSA) is 49.6 Å². The van der Waals surface area contributed by atoms with Gasteiger partial charge in [0.2, 0.25) is 5.91 Å². The van der Waals surface area contributed by atoms with E-state index in [2.05, 4.69) is 29.2 Å². The van der Waals surface area contributed by atoms with E-state index < -0.39 is 0 Å². The first-order valence-electron chi connectivity index (χ1n) is 6.47. The summed E-state index contributed by atoms with van der Waals surface area (Å²) in [6, 6.07) is 10.0. The maximum Gasteiger partial charge on any atom is 0.239 e. The highest BCUT2D eigenvalue weighted by molar-refractivity contribution is 5.85. The van der Waals surface area contributed by atoms with Crippen LogP contribution in [0.3, 0.4) is 0 Å². The normalized spacial score (nSPS) is 16.8. The minimum atomic E-state index is -0.384. The lowest BCUT2D eigenvalue weighted by Gasteiger charge is -2.35. The van der Waals surface area contributed by atoms with Gasteiger partial charge in [-0.25, -0.2) is 0 Å². The number of rotatable bonds is 3. The van der Waals surface area contributed by atoms with Crippen LogP contribution >= 0.6 is 24.8 Å². The van der Waals surface area contributed by atoms with E-state index in [1.807, 2.05) is 11.0 Å². The first kappa shape index (κ1) is 19.2. The predicted molar refractivity (Wildman–Crippen MR) is 86.4 cm³/mol. The Balaban J connectivity index is 0.00000180. The fourth-order valence-corrected chi connectivity index (χ4v) is 2.26. The molecule has 20 heavy (non-hydrogen) atoms. The number of hydrogen-bond acceptors (Lipinski definition) is 3. The van der Waals surface area contributed by atoms with Crippen molar-refractivity contribution >= 4 is 30.7 Å². The molecule has 1 unspecified atom stereocenters. The third-order valence-corrected chi connectivity index (χ3v) is 3.32. The quantitative estimate of drug-likeness (QED) is 0.919. The van der Waals surface area contributed by atoms with E-state index in [1.54, 1.807) is 6.92 Å². The second-order valence-electron chi connectivity index (χ2n) is 4.88. The molecule has 1 aromatic rings. The Morgan fingerprint density at radius 1 is 1.15 bits per heavy atom. The summed E-state index contributed by atoms with van der Waals surface area (Å²) < 4.78 is 0. The third-order valence-electron chi connectivity index (χ3n) is 3.32. The lowest BCUT2D eigenvalue weighted by molar-refractivity contribution is -0.134. The zero-order chi connectivity index (χ0) is 13.0. The average molecular weight is 320 g/mol. The van der Waals surface area contributed by atoms with Crippen LogP contribution in [0.4, 0.5) is 0 Å². The number of carbonyl (C=O) groups excluding carboxylic acids is 1. The van der Waals surface area contributed by atoms with E-state index in [-0.39, 0.29) is 36.8 Å². The fraction of sp³-hybridized carbons (Fsp3) is 0.500. The van der Waals surface area contributed by atoms with Crippen LogP contribution in [0.1, 0.15) is 12.5 Å². The first-order valence-corrected chi connectivity index (χ1v) is 6.47. The van der Waals surface area contributed by atoms with Gasteiger partial charge in [0, 0.05) is 32.7 Å². The number of piperazine rings is 1. The maximum absolute atomic E-state index is 11.7. The summed E-state index contributed by atoms with van der Waals surface area (Å²) in [5.41, 5.74) is 6.94. The van der Waals surface area contributed by atoms with Gasteiger partial charge < -0.3 is 10.6 Å². The van der Waals surface area contributed by atoms with Gasteiger partial charge in [-0.05, 0) is 12.5 Å². The Kier molecular flexibility index (Phi) is 8.81. The molecule has 1 aliphatic rings. The molecule has 114 valence electrons. The summed E-state index contributed by atoms with van der Waals surface area (Å²) in [6.07, 6.45) is 0. The molecule has 2 N–H and O–H groups in total. The van der Waals surface area contributed by atoms with Gasteiger partial charge in [-0.1, -0.05) is 30.3 Å². The average Bonchev–Trinajstić information content (AvgIpc) is 2.40. The SMILES string of the molecule is CC(N)C(=O)N1CCN(Cc2ccccc2)CC1.Cl.Cl. The maximum atomic E-state index is 11.7. The minimum absolute atomic E-state index is 0. The van der Waals surface area contributed by atoms with Gasteiger partial charge in [-0.15, -0.1) is 24.8 Å². The number of amides is 1. The van der Waals surface area contributed by atoms with E-state index in [9.17, 15) is 4.79 Å². The molecule has 0 saturated carbocycles. The van der Waals surface area contributed by atoms with Crippen molar-refractivity contribution in [1.82, 2.24) is 9.80 Å².